The van der Waals surface area contributed by atoms with Crippen LogP contribution in [0.25, 0.3) is 0 Å². The van der Waals surface area contributed by atoms with Gasteiger partial charge < -0.3 is 5.73 Å². The van der Waals surface area contributed by atoms with Crippen molar-refractivity contribution >= 4 is 0 Å². The van der Waals surface area contributed by atoms with Gasteiger partial charge in [0, 0.05) is 18.4 Å². The minimum absolute atomic E-state index is 0.169. The summed E-state index contributed by atoms with van der Waals surface area (Å²) < 4.78 is 0. The third-order valence-corrected chi connectivity index (χ3v) is 1.57. The first-order valence-corrected chi connectivity index (χ1v) is 4.50. The molecule has 1 unspecified atom stereocenters. The average Bonchev–Trinajstić information content (AvgIpc) is 2.21. The van der Waals surface area contributed by atoms with Crippen LogP contribution in [0.2, 0.25) is 0 Å². The van der Waals surface area contributed by atoms with Crippen molar-refractivity contribution in [1.29, 1.82) is 0 Å². The third kappa shape index (κ3) is 3.49. The predicted octanol–water partition coefficient (Wildman–Crippen LogP) is 2.52. The van der Waals surface area contributed by atoms with E-state index < -0.39 is 0 Å². The van der Waals surface area contributed by atoms with E-state index in [4.69, 9.17) is 5.73 Å². The molecule has 1 aromatic heterocycles. The second-order valence-corrected chi connectivity index (χ2v) is 2.30. The second-order valence-electron chi connectivity index (χ2n) is 2.30. The molecule has 1 heterocycles. The highest BCUT2D eigenvalue weighted by molar-refractivity contribution is 5.13. The molecule has 0 fully saturated rings. The average molecular weight is 166 g/mol. The lowest BCUT2D eigenvalue weighted by atomic mass is 10.1. The fourth-order valence-electron chi connectivity index (χ4n) is 0.846. The van der Waals surface area contributed by atoms with Crippen molar-refractivity contribution in [2.75, 3.05) is 0 Å². The lowest BCUT2D eigenvalue weighted by Crippen LogP contribution is -2.07. The maximum Gasteiger partial charge on any atom is 0.0293 e. The van der Waals surface area contributed by atoms with Gasteiger partial charge in [-0.2, -0.15) is 0 Å². The van der Waals surface area contributed by atoms with Gasteiger partial charge in [0.1, 0.15) is 0 Å². The lowest BCUT2D eigenvalue weighted by molar-refractivity contribution is 0.697. The summed E-state index contributed by atoms with van der Waals surface area (Å²) >= 11 is 0. The Labute approximate surface area is 74.8 Å². The van der Waals surface area contributed by atoms with E-state index in [0.717, 1.165) is 12.0 Å². The molecule has 1 atom stereocenters. The number of nitrogens with zero attached hydrogens (tertiary/aromatic N) is 1. The summed E-state index contributed by atoms with van der Waals surface area (Å²) in [6.07, 6.45) is 4.51. The molecule has 68 valence electrons. The maximum atomic E-state index is 5.77. The first-order valence-electron chi connectivity index (χ1n) is 4.50. The first kappa shape index (κ1) is 11.1. The van der Waals surface area contributed by atoms with Crippen LogP contribution in [0.4, 0.5) is 0 Å². The van der Waals surface area contributed by atoms with Crippen molar-refractivity contribution < 1.29 is 0 Å². The smallest absolute Gasteiger partial charge is 0.0293 e. The van der Waals surface area contributed by atoms with Gasteiger partial charge in [-0.05, 0) is 24.1 Å². The van der Waals surface area contributed by atoms with Crippen LogP contribution in [0.1, 0.15) is 38.8 Å². The van der Waals surface area contributed by atoms with Gasteiger partial charge in [-0.15, -0.1) is 0 Å². The quantitative estimate of drug-likeness (QED) is 0.733. The topological polar surface area (TPSA) is 38.9 Å². The van der Waals surface area contributed by atoms with Gasteiger partial charge in [0.15, 0.2) is 0 Å². The summed E-state index contributed by atoms with van der Waals surface area (Å²) in [6.45, 7) is 6.07. The monoisotopic (exact) mass is 166 g/mol. The van der Waals surface area contributed by atoms with Crippen LogP contribution in [0.5, 0.6) is 0 Å². The minimum Gasteiger partial charge on any atom is -0.324 e. The van der Waals surface area contributed by atoms with Crippen LogP contribution in [0.15, 0.2) is 24.5 Å². The van der Waals surface area contributed by atoms with E-state index in [2.05, 4.69) is 11.9 Å². The van der Waals surface area contributed by atoms with Crippen LogP contribution >= 0.6 is 0 Å². The number of nitrogens with two attached hydrogens (primary N) is 1. The first-order chi connectivity index (χ1) is 5.84. The molecule has 0 spiro atoms. The van der Waals surface area contributed by atoms with Crippen molar-refractivity contribution in [1.82, 2.24) is 4.98 Å². The van der Waals surface area contributed by atoms with Gasteiger partial charge in [-0.3, -0.25) is 4.98 Å². The van der Waals surface area contributed by atoms with Crippen LogP contribution in [0, 0.1) is 0 Å². The lowest BCUT2D eigenvalue weighted by Gasteiger charge is -2.06. The Hall–Kier alpha value is -0.890. The fraction of sp³-hybridized carbons (Fsp3) is 0.500. The van der Waals surface area contributed by atoms with Crippen molar-refractivity contribution in [3.05, 3.63) is 30.1 Å². The van der Waals surface area contributed by atoms with Gasteiger partial charge in [0.05, 0.1) is 0 Å². The highest BCUT2D eigenvalue weighted by Crippen LogP contribution is 2.10. The van der Waals surface area contributed by atoms with E-state index in [1.54, 1.807) is 12.4 Å². The third-order valence-electron chi connectivity index (χ3n) is 1.57. The molecule has 0 bridgehead atoms. The molecule has 0 saturated heterocycles. The zero-order valence-electron chi connectivity index (χ0n) is 8.12. The van der Waals surface area contributed by atoms with Gasteiger partial charge in [-0.1, -0.05) is 20.8 Å². The Morgan fingerprint density at radius 3 is 2.25 bits per heavy atom. The Morgan fingerprint density at radius 1 is 1.33 bits per heavy atom. The largest absolute Gasteiger partial charge is 0.324 e. The van der Waals surface area contributed by atoms with Crippen molar-refractivity contribution in [2.45, 2.75) is 33.2 Å². The van der Waals surface area contributed by atoms with Crippen LogP contribution < -0.4 is 5.73 Å². The number of aromatic nitrogens is 1. The Kier molecular flexibility index (Phi) is 6.29. The minimum atomic E-state index is 0.169. The van der Waals surface area contributed by atoms with E-state index in [1.165, 1.54) is 0 Å². The summed E-state index contributed by atoms with van der Waals surface area (Å²) in [7, 11) is 0. The molecular weight excluding hydrogens is 148 g/mol. The maximum absolute atomic E-state index is 5.77. The summed E-state index contributed by atoms with van der Waals surface area (Å²) in [6, 6.07) is 4.07. The number of pyridine rings is 1. The fourth-order valence-corrected chi connectivity index (χ4v) is 0.846. The number of hydrogen-bond donors (Lipinski definition) is 1. The predicted molar refractivity (Wildman–Crippen MR) is 52.8 cm³/mol. The van der Waals surface area contributed by atoms with E-state index in [0.29, 0.717) is 0 Å². The van der Waals surface area contributed by atoms with E-state index >= 15 is 0 Å². The van der Waals surface area contributed by atoms with Gasteiger partial charge >= 0.3 is 0 Å². The molecule has 1 aromatic rings. The molecule has 2 N–H and O–H groups in total. The molecule has 0 amide bonds. The van der Waals surface area contributed by atoms with Gasteiger partial charge in [0.25, 0.3) is 0 Å². The highest BCUT2D eigenvalue weighted by atomic mass is 14.6. The van der Waals surface area contributed by atoms with Crippen LogP contribution in [0.3, 0.4) is 0 Å². The summed E-state index contributed by atoms with van der Waals surface area (Å²) in [5, 5.41) is 0. The zero-order valence-corrected chi connectivity index (χ0v) is 8.12. The van der Waals surface area contributed by atoms with Crippen molar-refractivity contribution in [3.63, 3.8) is 0 Å². The summed E-state index contributed by atoms with van der Waals surface area (Å²) in [5.74, 6) is 0. The molecule has 2 heteroatoms. The van der Waals surface area contributed by atoms with Crippen molar-refractivity contribution in [2.24, 2.45) is 5.73 Å². The van der Waals surface area contributed by atoms with Crippen molar-refractivity contribution in [3.8, 4) is 0 Å². The molecule has 2 nitrogen and oxygen atoms in total. The molecule has 1 rings (SSSR count). The molecule has 0 aliphatic heterocycles. The van der Waals surface area contributed by atoms with E-state index in [9.17, 15) is 0 Å². The summed E-state index contributed by atoms with van der Waals surface area (Å²) in [5.41, 5.74) is 6.93. The highest BCUT2D eigenvalue weighted by Gasteiger charge is 1.99. The molecule has 12 heavy (non-hydrogen) atoms. The Balaban J connectivity index is 0.000000561. The molecular formula is C10H18N2. The SMILES string of the molecule is CC.CCC(N)c1ccncc1. The van der Waals surface area contributed by atoms with Crippen LogP contribution in [-0.2, 0) is 0 Å². The van der Waals surface area contributed by atoms with Gasteiger partial charge in [0.2, 0.25) is 0 Å². The zero-order chi connectivity index (χ0) is 9.40. The molecule has 0 saturated carbocycles. The molecule has 0 aliphatic carbocycles. The number of rotatable bonds is 2. The Morgan fingerprint density at radius 2 is 1.83 bits per heavy atom. The standard InChI is InChI=1S/C8H12N2.C2H6/c1-2-8(9)7-3-5-10-6-4-7;1-2/h3-6,8H,2,9H2,1H3;1-2H3. The van der Waals surface area contributed by atoms with Crippen LogP contribution in [-0.4, -0.2) is 4.98 Å². The summed E-state index contributed by atoms with van der Waals surface area (Å²) in [4.78, 5) is 3.91. The van der Waals surface area contributed by atoms with Gasteiger partial charge in [-0.25, -0.2) is 0 Å². The second kappa shape index (κ2) is 6.80. The Bertz CT molecular complexity index is 184. The van der Waals surface area contributed by atoms with E-state index in [-0.39, 0.29) is 6.04 Å². The van der Waals surface area contributed by atoms with E-state index in [1.807, 2.05) is 26.0 Å². The normalized spacial score (nSPS) is 11.3. The molecule has 0 radical (unpaired) electrons. The molecule has 0 aliphatic rings. The number of hydrogen-bond acceptors (Lipinski definition) is 2. The molecule has 0 aromatic carbocycles.